The normalized spacial score (nSPS) is 15.6. The average molecular weight is 437 g/mol. The molecule has 1 aliphatic heterocycles. The first-order valence-electron chi connectivity index (χ1n) is 8.67. The van der Waals surface area contributed by atoms with Gasteiger partial charge in [-0.15, -0.1) is 0 Å². The number of pyridine rings is 1. The van der Waals surface area contributed by atoms with Crippen LogP contribution >= 0.6 is 28.1 Å². The molecule has 2 aromatic rings. The standard InChI is InChI=1S/C19H22BrFN4S/c1-14-4-2-5-16(22-14)13-24-8-3-9-25(11-10-24)19(26)23-18-7-6-15(21)12-17(18)20/h2,4-7,12H,3,8-11,13H2,1H3,(H,23,26). The summed E-state index contributed by atoms with van der Waals surface area (Å²) in [6, 6.07) is 10.7. The van der Waals surface area contributed by atoms with Gasteiger partial charge >= 0.3 is 0 Å². The minimum Gasteiger partial charge on any atom is -0.348 e. The summed E-state index contributed by atoms with van der Waals surface area (Å²) >= 11 is 8.94. The number of rotatable bonds is 3. The Kier molecular flexibility index (Phi) is 6.56. The molecule has 3 rings (SSSR count). The highest BCUT2D eigenvalue weighted by Gasteiger charge is 2.18. The monoisotopic (exact) mass is 436 g/mol. The Bertz CT molecular complexity index is 786. The lowest BCUT2D eigenvalue weighted by Gasteiger charge is -2.25. The SMILES string of the molecule is Cc1cccc(CN2CCCN(C(=S)Nc3ccc(F)cc3Br)CC2)n1. The lowest BCUT2D eigenvalue weighted by molar-refractivity contribution is 0.275. The third-order valence-corrected chi connectivity index (χ3v) is 5.40. The van der Waals surface area contributed by atoms with Crippen molar-refractivity contribution in [2.75, 3.05) is 31.5 Å². The molecule has 0 aliphatic carbocycles. The van der Waals surface area contributed by atoms with E-state index in [0.717, 1.165) is 56.2 Å². The quantitative estimate of drug-likeness (QED) is 0.728. The van der Waals surface area contributed by atoms with Crippen molar-refractivity contribution in [3.8, 4) is 0 Å². The van der Waals surface area contributed by atoms with Crippen molar-refractivity contribution in [3.05, 3.63) is 58.1 Å². The van der Waals surface area contributed by atoms with E-state index in [2.05, 4.69) is 48.2 Å². The van der Waals surface area contributed by atoms with Crippen LogP contribution in [0.25, 0.3) is 0 Å². The molecule has 0 unspecified atom stereocenters. The lowest BCUT2D eigenvalue weighted by Crippen LogP contribution is -2.37. The van der Waals surface area contributed by atoms with Gasteiger partial charge < -0.3 is 10.2 Å². The van der Waals surface area contributed by atoms with Crippen LogP contribution in [0, 0.1) is 12.7 Å². The van der Waals surface area contributed by atoms with Crippen molar-refractivity contribution >= 4 is 38.9 Å². The van der Waals surface area contributed by atoms with E-state index in [1.807, 2.05) is 13.0 Å². The third-order valence-electron chi connectivity index (χ3n) is 4.38. The topological polar surface area (TPSA) is 31.4 Å². The van der Waals surface area contributed by atoms with Crippen molar-refractivity contribution in [1.82, 2.24) is 14.8 Å². The van der Waals surface area contributed by atoms with E-state index in [-0.39, 0.29) is 5.82 Å². The van der Waals surface area contributed by atoms with E-state index in [1.165, 1.54) is 12.1 Å². The summed E-state index contributed by atoms with van der Waals surface area (Å²) in [7, 11) is 0. The van der Waals surface area contributed by atoms with Crippen LogP contribution in [0.3, 0.4) is 0 Å². The van der Waals surface area contributed by atoms with Crippen molar-refractivity contribution in [2.24, 2.45) is 0 Å². The largest absolute Gasteiger partial charge is 0.348 e. The number of thiocarbonyl (C=S) groups is 1. The van der Waals surface area contributed by atoms with E-state index in [0.29, 0.717) is 9.59 Å². The molecular weight excluding hydrogens is 415 g/mol. The molecule has 0 atom stereocenters. The predicted octanol–water partition coefficient (Wildman–Crippen LogP) is 4.20. The Hall–Kier alpha value is -1.57. The van der Waals surface area contributed by atoms with Gasteiger partial charge in [-0.1, -0.05) is 6.07 Å². The molecule has 1 aliphatic rings. The summed E-state index contributed by atoms with van der Waals surface area (Å²) in [6.45, 7) is 6.60. The summed E-state index contributed by atoms with van der Waals surface area (Å²) in [5.74, 6) is -0.275. The van der Waals surface area contributed by atoms with Gasteiger partial charge in [0.1, 0.15) is 5.82 Å². The second-order valence-electron chi connectivity index (χ2n) is 6.44. The molecule has 138 valence electrons. The molecule has 1 N–H and O–H groups in total. The Balaban J connectivity index is 1.56. The summed E-state index contributed by atoms with van der Waals surface area (Å²) in [6.07, 6.45) is 1.04. The van der Waals surface area contributed by atoms with Crippen LogP contribution in [-0.2, 0) is 6.54 Å². The highest BCUT2D eigenvalue weighted by molar-refractivity contribution is 9.10. The average Bonchev–Trinajstić information content (AvgIpc) is 2.83. The van der Waals surface area contributed by atoms with Crippen LogP contribution in [0.2, 0.25) is 0 Å². The molecule has 0 spiro atoms. The molecular formula is C19H22BrFN4S. The Morgan fingerprint density at radius 2 is 2.08 bits per heavy atom. The van der Waals surface area contributed by atoms with Gasteiger partial charge in [0.15, 0.2) is 5.11 Å². The van der Waals surface area contributed by atoms with Crippen LogP contribution in [0.15, 0.2) is 40.9 Å². The molecule has 26 heavy (non-hydrogen) atoms. The number of nitrogens with one attached hydrogen (secondary N) is 1. The number of hydrogen-bond donors (Lipinski definition) is 1. The summed E-state index contributed by atoms with van der Waals surface area (Å²) < 4.78 is 13.9. The van der Waals surface area contributed by atoms with E-state index in [9.17, 15) is 4.39 Å². The van der Waals surface area contributed by atoms with E-state index < -0.39 is 0 Å². The number of nitrogens with zero attached hydrogens (tertiary/aromatic N) is 3. The van der Waals surface area contributed by atoms with Gasteiger partial charge in [-0.25, -0.2) is 4.39 Å². The fourth-order valence-electron chi connectivity index (χ4n) is 3.03. The van der Waals surface area contributed by atoms with Gasteiger partial charge in [0.2, 0.25) is 0 Å². The van der Waals surface area contributed by atoms with Crippen LogP contribution in [0.4, 0.5) is 10.1 Å². The van der Waals surface area contributed by atoms with Crippen LogP contribution in [0.1, 0.15) is 17.8 Å². The van der Waals surface area contributed by atoms with Crippen molar-refractivity contribution < 1.29 is 4.39 Å². The first-order chi connectivity index (χ1) is 12.5. The first kappa shape index (κ1) is 19.2. The van der Waals surface area contributed by atoms with Crippen LogP contribution in [0.5, 0.6) is 0 Å². The van der Waals surface area contributed by atoms with E-state index in [4.69, 9.17) is 12.2 Å². The number of anilines is 1. The maximum atomic E-state index is 13.2. The predicted molar refractivity (Wildman–Crippen MR) is 111 cm³/mol. The summed E-state index contributed by atoms with van der Waals surface area (Å²) in [5.41, 5.74) is 2.94. The fourth-order valence-corrected chi connectivity index (χ4v) is 3.78. The highest BCUT2D eigenvalue weighted by Crippen LogP contribution is 2.23. The zero-order valence-electron chi connectivity index (χ0n) is 14.7. The molecule has 2 heterocycles. The van der Waals surface area contributed by atoms with Gasteiger partial charge in [0, 0.05) is 42.9 Å². The third kappa shape index (κ3) is 5.22. The zero-order valence-corrected chi connectivity index (χ0v) is 17.1. The number of aryl methyl sites for hydroxylation is 1. The molecule has 1 aromatic carbocycles. The Labute approximate surface area is 167 Å². The molecule has 0 radical (unpaired) electrons. The number of benzene rings is 1. The fraction of sp³-hybridized carbons (Fsp3) is 0.368. The van der Waals surface area contributed by atoms with Crippen molar-refractivity contribution in [2.45, 2.75) is 19.9 Å². The molecule has 1 aromatic heterocycles. The molecule has 7 heteroatoms. The van der Waals surface area contributed by atoms with Gasteiger partial charge in [0.05, 0.1) is 11.4 Å². The second-order valence-corrected chi connectivity index (χ2v) is 7.68. The highest BCUT2D eigenvalue weighted by atomic mass is 79.9. The van der Waals surface area contributed by atoms with E-state index >= 15 is 0 Å². The second kappa shape index (κ2) is 8.88. The van der Waals surface area contributed by atoms with Gasteiger partial charge in [0.25, 0.3) is 0 Å². The molecule has 0 bridgehead atoms. The van der Waals surface area contributed by atoms with Crippen molar-refractivity contribution in [3.63, 3.8) is 0 Å². The van der Waals surface area contributed by atoms with Crippen LogP contribution in [-0.4, -0.2) is 46.1 Å². The van der Waals surface area contributed by atoms with E-state index in [1.54, 1.807) is 6.07 Å². The summed E-state index contributed by atoms with van der Waals surface area (Å²) in [5, 5.41) is 3.89. The Morgan fingerprint density at radius 1 is 1.23 bits per heavy atom. The molecule has 4 nitrogen and oxygen atoms in total. The summed E-state index contributed by atoms with van der Waals surface area (Å²) in [4.78, 5) is 9.19. The van der Waals surface area contributed by atoms with Gasteiger partial charge in [-0.2, -0.15) is 0 Å². The van der Waals surface area contributed by atoms with Gasteiger partial charge in [-0.05, 0) is 71.8 Å². The maximum absolute atomic E-state index is 13.2. The lowest BCUT2D eigenvalue weighted by atomic mass is 10.3. The molecule has 1 saturated heterocycles. The zero-order chi connectivity index (χ0) is 18.5. The van der Waals surface area contributed by atoms with Crippen molar-refractivity contribution in [1.29, 1.82) is 0 Å². The minimum atomic E-state index is -0.275. The van der Waals surface area contributed by atoms with Crippen LogP contribution < -0.4 is 5.32 Å². The minimum absolute atomic E-state index is 0.275. The molecule has 1 fully saturated rings. The first-order valence-corrected chi connectivity index (χ1v) is 9.87. The molecule has 0 saturated carbocycles. The number of hydrogen-bond acceptors (Lipinski definition) is 3. The number of halogens is 2. The van der Waals surface area contributed by atoms with Gasteiger partial charge in [-0.3, -0.25) is 9.88 Å². The number of aromatic nitrogens is 1. The Morgan fingerprint density at radius 3 is 2.85 bits per heavy atom. The smallest absolute Gasteiger partial charge is 0.173 e. The maximum Gasteiger partial charge on any atom is 0.173 e. The molecule has 0 amide bonds.